The van der Waals surface area contributed by atoms with Crippen LogP contribution in [0.15, 0.2) is 48.5 Å². The summed E-state index contributed by atoms with van der Waals surface area (Å²) in [6.45, 7) is 2.41. The van der Waals surface area contributed by atoms with Gasteiger partial charge in [0.05, 0.1) is 13.2 Å². The van der Waals surface area contributed by atoms with Gasteiger partial charge in [0.2, 0.25) is 0 Å². The van der Waals surface area contributed by atoms with E-state index >= 15 is 0 Å². The molecule has 0 radical (unpaired) electrons. The largest absolute Gasteiger partial charge is 0.497 e. The summed E-state index contributed by atoms with van der Waals surface area (Å²) < 4.78 is 5.20. The molecule has 5 heteroatoms. The standard InChI is InChI=1S/C18H21ClN2O2/c1-13(16-9-4-5-10-17(16)19)20-18(22)21(2)12-14-7-6-8-15(11-14)23-3/h4-11,13H,12H2,1-3H3,(H,20,22). The molecule has 0 heterocycles. The Hall–Kier alpha value is -2.20. The number of methoxy groups -OCH3 is 1. The van der Waals surface area contributed by atoms with Crippen molar-refractivity contribution in [2.24, 2.45) is 0 Å². The zero-order valence-corrected chi connectivity index (χ0v) is 14.3. The van der Waals surface area contributed by atoms with Crippen LogP contribution in [0.4, 0.5) is 4.79 Å². The third-order valence-electron chi connectivity index (χ3n) is 3.61. The Morgan fingerprint density at radius 3 is 2.70 bits per heavy atom. The number of carbonyl (C=O) groups is 1. The predicted molar refractivity (Wildman–Crippen MR) is 92.9 cm³/mol. The van der Waals surface area contributed by atoms with Crippen LogP contribution in [0.3, 0.4) is 0 Å². The average molecular weight is 333 g/mol. The molecule has 23 heavy (non-hydrogen) atoms. The molecule has 4 nitrogen and oxygen atoms in total. The highest BCUT2D eigenvalue weighted by Gasteiger charge is 2.15. The molecule has 0 saturated carbocycles. The molecular weight excluding hydrogens is 312 g/mol. The van der Waals surface area contributed by atoms with E-state index in [1.807, 2.05) is 55.5 Å². The van der Waals surface area contributed by atoms with E-state index in [1.165, 1.54) is 0 Å². The van der Waals surface area contributed by atoms with Crippen molar-refractivity contribution in [1.82, 2.24) is 10.2 Å². The van der Waals surface area contributed by atoms with Gasteiger partial charge >= 0.3 is 6.03 Å². The minimum atomic E-state index is -0.163. The van der Waals surface area contributed by atoms with Crippen LogP contribution < -0.4 is 10.1 Å². The maximum Gasteiger partial charge on any atom is 0.317 e. The summed E-state index contributed by atoms with van der Waals surface area (Å²) >= 11 is 6.17. The molecule has 2 rings (SSSR count). The van der Waals surface area contributed by atoms with E-state index in [0.717, 1.165) is 16.9 Å². The Morgan fingerprint density at radius 1 is 1.26 bits per heavy atom. The first-order chi connectivity index (χ1) is 11.0. The summed E-state index contributed by atoms with van der Waals surface area (Å²) in [7, 11) is 3.38. The number of amides is 2. The van der Waals surface area contributed by atoms with Crippen molar-refractivity contribution in [3.05, 3.63) is 64.7 Å². The number of halogens is 1. The van der Waals surface area contributed by atoms with Crippen LogP contribution in [0.5, 0.6) is 5.75 Å². The molecule has 2 amide bonds. The minimum Gasteiger partial charge on any atom is -0.497 e. The van der Waals surface area contributed by atoms with Gasteiger partial charge in [-0.25, -0.2) is 4.79 Å². The molecule has 1 N–H and O–H groups in total. The molecule has 0 fully saturated rings. The Bertz CT molecular complexity index is 676. The first kappa shape index (κ1) is 17.2. The first-order valence-electron chi connectivity index (χ1n) is 7.40. The van der Waals surface area contributed by atoms with Gasteiger partial charge in [-0.1, -0.05) is 41.9 Å². The van der Waals surface area contributed by atoms with Crippen LogP contribution in [0.2, 0.25) is 5.02 Å². The quantitative estimate of drug-likeness (QED) is 0.889. The number of benzene rings is 2. The SMILES string of the molecule is COc1cccc(CN(C)C(=O)NC(C)c2ccccc2Cl)c1. The Balaban J connectivity index is 1.98. The van der Waals surface area contributed by atoms with Gasteiger partial charge in [-0.15, -0.1) is 0 Å². The minimum absolute atomic E-state index is 0.153. The Labute approximate surface area is 142 Å². The average Bonchev–Trinajstić information content (AvgIpc) is 2.55. The van der Waals surface area contributed by atoms with Gasteiger partial charge in [0.25, 0.3) is 0 Å². The molecule has 0 aliphatic rings. The van der Waals surface area contributed by atoms with Gasteiger partial charge in [0.15, 0.2) is 0 Å². The molecule has 0 saturated heterocycles. The highest BCUT2D eigenvalue weighted by molar-refractivity contribution is 6.31. The van der Waals surface area contributed by atoms with Gasteiger partial charge < -0.3 is 15.0 Å². The number of urea groups is 1. The molecule has 0 aliphatic heterocycles. The van der Waals surface area contributed by atoms with Gasteiger partial charge in [-0.05, 0) is 36.2 Å². The van der Waals surface area contributed by atoms with Crippen molar-refractivity contribution in [2.45, 2.75) is 19.5 Å². The number of nitrogens with one attached hydrogen (secondary N) is 1. The van der Waals surface area contributed by atoms with Crippen molar-refractivity contribution in [2.75, 3.05) is 14.2 Å². The lowest BCUT2D eigenvalue weighted by Crippen LogP contribution is -2.38. The predicted octanol–water partition coefficient (Wildman–Crippen LogP) is 4.25. The second kappa shape index (κ2) is 7.88. The molecule has 1 unspecified atom stereocenters. The lowest BCUT2D eigenvalue weighted by atomic mass is 10.1. The summed E-state index contributed by atoms with van der Waals surface area (Å²) in [5.41, 5.74) is 1.91. The summed E-state index contributed by atoms with van der Waals surface area (Å²) in [4.78, 5) is 14.0. The van der Waals surface area contributed by atoms with Crippen LogP contribution in [-0.2, 0) is 6.54 Å². The van der Waals surface area contributed by atoms with E-state index in [4.69, 9.17) is 16.3 Å². The first-order valence-corrected chi connectivity index (χ1v) is 7.78. The fourth-order valence-corrected chi connectivity index (χ4v) is 2.62. The normalized spacial score (nSPS) is 11.7. The van der Waals surface area contributed by atoms with Crippen LogP contribution in [0.1, 0.15) is 24.1 Å². The second-order valence-corrected chi connectivity index (χ2v) is 5.81. The van der Waals surface area contributed by atoms with E-state index in [2.05, 4.69) is 5.32 Å². The van der Waals surface area contributed by atoms with Crippen molar-refractivity contribution in [3.8, 4) is 5.75 Å². The van der Waals surface area contributed by atoms with Crippen LogP contribution in [0, 0.1) is 0 Å². The maximum atomic E-state index is 12.3. The van der Waals surface area contributed by atoms with Crippen molar-refractivity contribution < 1.29 is 9.53 Å². The van der Waals surface area contributed by atoms with E-state index in [1.54, 1.807) is 19.1 Å². The lowest BCUT2D eigenvalue weighted by Gasteiger charge is -2.22. The van der Waals surface area contributed by atoms with E-state index in [9.17, 15) is 4.79 Å². The number of nitrogens with zero attached hydrogens (tertiary/aromatic N) is 1. The Kier molecular flexibility index (Phi) is 5.88. The molecule has 0 spiro atoms. The molecule has 2 aromatic rings. The van der Waals surface area contributed by atoms with E-state index in [0.29, 0.717) is 11.6 Å². The van der Waals surface area contributed by atoms with Crippen LogP contribution in [0.25, 0.3) is 0 Å². The third-order valence-corrected chi connectivity index (χ3v) is 3.96. The van der Waals surface area contributed by atoms with Gasteiger partial charge in [0, 0.05) is 18.6 Å². The Morgan fingerprint density at radius 2 is 2.00 bits per heavy atom. The third kappa shape index (κ3) is 4.63. The number of hydrogen-bond acceptors (Lipinski definition) is 2. The summed E-state index contributed by atoms with van der Waals surface area (Å²) in [6, 6.07) is 14.9. The second-order valence-electron chi connectivity index (χ2n) is 5.40. The van der Waals surface area contributed by atoms with Crippen molar-refractivity contribution in [1.29, 1.82) is 0 Å². The summed E-state index contributed by atoms with van der Waals surface area (Å²) in [5.74, 6) is 0.778. The molecule has 0 aliphatic carbocycles. The zero-order valence-electron chi connectivity index (χ0n) is 13.5. The zero-order chi connectivity index (χ0) is 16.8. The van der Waals surface area contributed by atoms with Gasteiger partial charge in [0.1, 0.15) is 5.75 Å². The van der Waals surface area contributed by atoms with Crippen molar-refractivity contribution in [3.63, 3.8) is 0 Å². The number of carbonyl (C=O) groups excluding carboxylic acids is 1. The van der Waals surface area contributed by atoms with Gasteiger partial charge in [-0.3, -0.25) is 0 Å². The van der Waals surface area contributed by atoms with E-state index in [-0.39, 0.29) is 12.1 Å². The van der Waals surface area contributed by atoms with Crippen LogP contribution >= 0.6 is 11.6 Å². The monoisotopic (exact) mass is 332 g/mol. The number of ether oxygens (including phenoxy) is 1. The lowest BCUT2D eigenvalue weighted by molar-refractivity contribution is 0.203. The summed E-state index contributed by atoms with van der Waals surface area (Å²) in [6.07, 6.45) is 0. The smallest absolute Gasteiger partial charge is 0.317 e. The van der Waals surface area contributed by atoms with Gasteiger partial charge in [-0.2, -0.15) is 0 Å². The number of rotatable bonds is 5. The topological polar surface area (TPSA) is 41.6 Å². The molecule has 122 valence electrons. The molecule has 1 atom stereocenters. The maximum absolute atomic E-state index is 12.3. The number of hydrogen-bond donors (Lipinski definition) is 1. The fraction of sp³-hybridized carbons (Fsp3) is 0.278. The highest BCUT2D eigenvalue weighted by Crippen LogP contribution is 2.22. The summed E-state index contributed by atoms with van der Waals surface area (Å²) in [5, 5.41) is 3.61. The van der Waals surface area contributed by atoms with E-state index < -0.39 is 0 Å². The molecule has 0 bridgehead atoms. The fourth-order valence-electron chi connectivity index (χ4n) is 2.32. The molecular formula is C18H21ClN2O2. The van der Waals surface area contributed by atoms with Crippen LogP contribution in [-0.4, -0.2) is 25.1 Å². The molecule has 0 aromatic heterocycles. The highest BCUT2D eigenvalue weighted by atomic mass is 35.5. The molecule has 2 aromatic carbocycles. The van der Waals surface area contributed by atoms with Crippen molar-refractivity contribution >= 4 is 17.6 Å².